The maximum absolute atomic E-state index is 13.0. The number of rotatable bonds is 6. The van der Waals surface area contributed by atoms with E-state index in [2.05, 4.69) is 29.2 Å². The smallest absolute Gasteiger partial charge is 0.223 e. The highest BCUT2D eigenvalue weighted by molar-refractivity contribution is 5.77. The van der Waals surface area contributed by atoms with Crippen LogP contribution in [0.4, 0.5) is 0 Å². The highest BCUT2D eigenvalue weighted by Gasteiger charge is 2.36. The molecule has 2 aromatic rings. The zero-order chi connectivity index (χ0) is 18.4. The molecule has 2 aromatic carbocycles. The first-order valence-electron chi connectivity index (χ1n) is 9.30. The number of benzene rings is 2. The van der Waals surface area contributed by atoms with Crippen LogP contribution >= 0.6 is 0 Å². The molecule has 0 saturated carbocycles. The molecule has 4 heteroatoms. The average Bonchev–Trinajstić information content (AvgIpc) is 2.67. The summed E-state index contributed by atoms with van der Waals surface area (Å²) in [5.41, 5.74) is 2.35. The van der Waals surface area contributed by atoms with Gasteiger partial charge in [0.05, 0.1) is 18.8 Å². The summed E-state index contributed by atoms with van der Waals surface area (Å²) in [5, 5.41) is 0. The molecular formula is C22H28N2O2. The molecule has 1 fully saturated rings. The summed E-state index contributed by atoms with van der Waals surface area (Å²) in [4.78, 5) is 17.2. The number of likely N-dealkylation sites (N-methyl/N-ethyl adjacent to an activating group) is 1. The van der Waals surface area contributed by atoms with Crippen molar-refractivity contribution in [1.82, 2.24) is 9.80 Å². The van der Waals surface area contributed by atoms with Gasteiger partial charge in [0.25, 0.3) is 0 Å². The summed E-state index contributed by atoms with van der Waals surface area (Å²) in [6, 6.07) is 20.4. The third-order valence-electron chi connectivity index (χ3n) is 4.83. The number of hydrogen-bond donors (Lipinski definition) is 0. The van der Waals surface area contributed by atoms with Gasteiger partial charge in [0, 0.05) is 19.5 Å². The zero-order valence-corrected chi connectivity index (χ0v) is 15.7. The maximum atomic E-state index is 13.0. The number of hydrogen-bond acceptors (Lipinski definition) is 3. The lowest BCUT2D eigenvalue weighted by Crippen LogP contribution is -2.51. The van der Waals surface area contributed by atoms with Gasteiger partial charge in [0.15, 0.2) is 0 Å². The van der Waals surface area contributed by atoms with E-state index in [1.807, 2.05) is 55.4 Å². The van der Waals surface area contributed by atoms with E-state index in [1.54, 1.807) is 0 Å². The Morgan fingerprint density at radius 1 is 1.08 bits per heavy atom. The molecule has 1 aliphatic rings. The molecule has 0 N–H and O–H groups in total. The molecule has 0 aliphatic carbocycles. The number of carbonyl (C=O) groups is 1. The van der Waals surface area contributed by atoms with E-state index in [-0.39, 0.29) is 18.1 Å². The van der Waals surface area contributed by atoms with Gasteiger partial charge in [-0.15, -0.1) is 0 Å². The molecule has 4 nitrogen and oxygen atoms in total. The van der Waals surface area contributed by atoms with Gasteiger partial charge in [-0.25, -0.2) is 0 Å². The summed E-state index contributed by atoms with van der Waals surface area (Å²) in [5.74, 6) is 0.203. The van der Waals surface area contributed by atoms with Gasteiger partial charge in [0.2, 0.25) is 5.91 Å². The fraction of sp³-hybridized carbons (Fsp3) is 0.409. The standard InChI is InChI=1S/C22H28N2O2/c1-23(2)17-20-22(19-11-7-4-8-12-19)24(15-16-26-20)21(25)14-13-18-9-5-3-6-10-18/h3-12,20,22H,13-17H2,1-2H3/t20-,22-/m0/s1. The normalized spacial score (nSPS) is 20.3. The fourth-order valence-corrected chi connectivity index (χ4v) is 3.61. The molecule has 3 rings (SSSR count). The van der Waals surface area contributed by atoms with Crippen LogP contribution in [0.1, 0.15) is 23.6 Å². The lowest BCUT2D eigenvalue weighted by molar-refractivity contribution is -0.148. The number of morpholine rings is 1. The van der Waals surface area contributed by atoms with Crippen molar-refractivity contribution in [3.05, 3.63) is 71.8 Å². The Kier molecular flexibility index (Phi) is 6.42. The summed E-state index contributed by atoms with van der Waals surface area (Å²) in [6.07, 6.45) is 1.29. The maximum Gasteiger partial charge on any atom is 0.223 e. The van der Waals surface area contributed by atoms with Gasteiger partial charge in [-0.2, -0.15) is 0 Å². The molecular weight excluding hydrogens is 324 g/mol. The SMILES string of the molecule is CN(C)C[C@@H]1OCCN(C(=O)CCc2ccccc2)[C@H]1c1ccccc1. The van der Waals surface area contributed by atoms with Crippen molar-refractivity contribution in [3.8, 4) is 0 Å². The van der Waals surface area contributed by atoms with Crippen molar-refractivity contribution in [2.45, 2.75) is 25.0 Å². The average molecular weight is 352 g/mol. The Morgan fingerprint density at radius 3 is 2.38 bits per heavy atom. The summed E-state index contributed by atoms with van der Waals surface area (Å²) in [6.45, 7) is 2.04. The van der Waals surface area contributed by atoms with Crippen molar-refractivity contribution in [2.75, 3.05) is 33.8 Å². The fourth-order valence-electron chi connectivity index (χ4n) is 3.61. The first kappa shape index (κ1) is 18.6. The predicted octanol–water partition coefficient (Wildman–Crippen LogP) is 3.15. The number of nitrogens with zero attached hydrogens (tertiary/aromatic N) is 2. The van der Waals surface area contributed by atoms with Crippen molar-refractivity contribution < 1.29 is 9.53 Å². The van der Waals surface area contributed by atoms with E-state index in [9.17, 15) is 4.79 Å². The van der Waals surface area contributed by atoms with Gasteiger partial charge in [-0.05, 0) is 31.6 Å². The van der Waals surface area contributed by atoms with E-state index >= 15 is 0 Å². The molecule has 1 heterocycles. The molecule has 1 amide bonds. The molecule has 0 aromatic heterocycles. The van der Waals surface area contributed by atoms with Gasteiger partial charge >= 0.3 is 0 Å². The topological polar surface area (TPSA) is 32.8 Å². The highest BCUT2D eigenvalue weighted by Crippen LogP contribution is 2.30. The Balaban J connectivity index is 1.77. The van der Waals surface area contributed by atoms with Crippen molar-refractivity contribution in [1.29, 1.82) is 0 Å². The minimum Gasteiger partial charge on any atom is -0.373 e. The third-order valence-corrected chi connectivity index (χ3v) is 4.83. The van der Waals surface area contributed by atoms with Crippen LogP contribution in [0.2, 0.25) is 0 Å². The molecule has 138 valence electrons. The number of ether oxygens (including phenoxy) is 1. The van der Waals surface area contributed by atoms with Gasteiger partial charge in [-0.3, -0.25) is 4.79 Å². The van der Waals surface area contributed by atoms with Crippen molar-refractivity contribution >= 4 is 5.91 Å². The highest BCUT2D eigenvalue weighted by atomic mass is 16.5. The summed E-state index contributed by atoms with van der Waals surface area (Å²) < 4.78 is 6.06. The molecule has 0 spiro atoms. The van der Waals surface area contributed by atoms with Crippen LogP contribution in [-0.2, 0) is 16.0 Å². The Labute approximate surface area is 156 Å². The molecule has 0 radical (unpaired) electrons. The molecule has 2 atom stereocenters. The van der Waals surface area contributed by atoms with E-state index in [4.69, 9.17) is 4.74 Å². The van der Waals surface area contributed by atoms with Crippen molar-refractivity contribution in [3.63, 3.8) is 0 Å². The van der Waals surface area contributed by atoms with E-state index in [0.29, 0.717) is 19.6 Å². The minimum atomic E-state index is -0.0318. The van der Waals surface area contributed by atoms with Crippen LogP contribution in [-0.4, -0.2) is 55.6 Å². The summed E-state index contributed by atoms with van der Waals surface area (Å²) in [7, 11) is 4.09. The molecule has 0 bridgehead atoms. The van der Waals surface area contributed by atoms with Crippen LogP contribution in [0.25, 0.3) is 0 Å². The van der Waals surface area contributed by atoms with Crippen molar-refractivity contribution in [2.24, 2.45) is 0 Å². The number of amides is 1. The summed E-state index contributed by atoms with van der Waals surface area (Å²) >= 11 is 0. The quantitative estimate of drug-likeness (QED) is 0.801. The molecule has 1 aliphatic heterocycles. The third kappa shape index (κ3) is 4.71. The van der Waals surface area contributed by atoms with Crippen LogP contribution in [0.3, 0.4) is 0 Å². The molecule has 26 heavy (non-hydrogen) atoms. The van der Waals surface area contributed by atoms with E-state index in [0.717, 1.165) is 18.5 Å². The van der Waals surface area contributed by atoms with Crippen LogP contribution in [0, 0.1) is 0 Å². The van der Waals surface area contributed by atoms with E-state index in [1.165, 1.54) is 5.56 Å². The number of aryl methyl sites for hydroxylation is 1. The van der Waals surface area contributed by atoms with E-state index < -0.39 is 0 Å². The Morgan fingerprint density at radius 2 is 1.73 bits per heavy atom. The monoisotopic (exact) mass is 352 g/mol. The second kappa shape index (κ2) is 8.97. The van der Waals surface area contributed by atoms with Crippen LogP contribution in [0.5, 0.6) is 0 Å². The van der Waals surface area contributed by atoms with Gasteiger partial charge in [-0.1, -0.05) is 60.7 Å². The van der Waals surface area contributed by atoms with Gasteiger partial charge in [0.1, 0.15) is 0 Å². The second-order valence-electron chi connectivity index (χ2n) is 7.10. The number of carbonyl (C=O) groups excluding carboxylic acids is 1. The lowest BCUT2D eigenvalue weighted by atomic mass is 9.96. The zero-order valence-electron chi connectivity index (χ0n) is 15.7. The Hall–Kier alpha value is -2.17. The second-order valence-corrected chi connectivity index (χ2v) is 7.10. The largest absolute Gasteiger partial charge is 0.373 e. The van der Waals surface area contributed by atoms with Gasteiger partial charge < -0.3 is 14.5 Å². The molecule has 1 saturated heterocycles. The van der Waals surface area contributed by atoms with Crippen LogP contribution < -0.4 is 0 Å². The first-order valence-corrected chi connectivity index (χ1v) is 9.30. The van der Waals surface area contributed by atoms with Crippen LogP contribution in [0.15, 0.2) is 60.7 Å². The first-order chi connectivity index (χ1) is 12.6. The lowest BCUT2D eigenvalue weighted by Gasteiger charge is -2.42. The predicted molar refractivity (Wildman–Crippen MR) is 104 cm³/mol. The minimum absolute atomic E-state index is 0.0122. The Bertz CT molecular complexity index is 688. The molecule has 0 unspecified atom stereocenters.